The van der Waals surface area contributed by atoms with Gasteiger partial charge in [-0.1, -0.05) is 96.6 Å². The zero-order valence-corrected chi connectivity index (χ0v) is 18.9. The van der Waals surface area contributed by atoms with Crippen LogP contribution in [0.2, 0.25) is 0 Å². The molecular formula is C24H19Cl3Ti. The van der Waals surface area contributed by atoms with Crippen LogP contribution in [0.5, 0.6) is 0 Å². The minimum atomic E-state index is 0. The summed E-state index contributed by atoms with van der Waals surface area (Å²) in [5, 5.41) is 0. The molecule has 4 heteroatoms. The maximum atomic E-state index is 2.32. The van der Waals surface area contributed by atoms with E-state index in [0.29, 0.717) is 0 Å². The molecule has 0 spiro atoms. The Kier molecular flexibility index (Phi) is 12.3. The van der Waals surface area contributed by atoms with E-state index in [4.69, 9.17) is 0 Å². The van der Waals surface area contributed by atoms with Crippen molar-refractivity contribution >= 4 is 0 Å². The van der Waals surface area contributed by atoms with E-state index in [1.807, 2.05) is 0 Å². The van der Waals surface area contributed by atoms with Gasteiger partial charge in [0.25, 0.3) is 0 Å². The third-order valence-electron chi connectivity index (χ3n) is 4.48. The van der Waals surface area contributed by atoms with Gasteiger partial charge in [0.1, 0.15) is 0 Å². The van der Waals surface area contributed by atoms with Crippen molar-refractivity contribution in [2.24, 2.45) is 0 Å². The predicted molar refractivity (Wildman–Crippen MR) is 101 cm³/mol. The zero-order chi connectivity index (χ0) is 16.2. The second-order valence-electron chi connectivity index (χ2n) is 6.05. The van der Waals surface area contributed by atoms with Gasteiger partial charge in [0.2, 0.25) is 0 Å². The van der Waals surface area contributed by atoms with E-state index < -0.39 is 0 Å². The van der Waals surface area contributed by atoms with E-state index in [9.17, 15) is 0 Å². The Hall–Kier alpha value is -1.41. The van der Waals surface area contributed by atoms with Gasteiger partial charge in [-0.05, 0) is 17.0 Å². The molecule has 0 N–H and O–H groups in total. The van der Waals surface area contributed by atoms with Crippen molar-refractivity contribution in [1.82, 2.24) is 0 Å². The molecule has 0 amide bonds. The molecule has 140 valence electrons. The summed E-state index contributed by atoms with van der Waals surface area (Å²) in [5.41, 5.74) is 6.54. The number of benzene rings is 3. The monoisotopic (exact) mass is 460 g/mol. The Balaban J connectivity index is 0.00000182. The fraction of sp³-hybridized carbons (Fsp3) is 0.0417. The van der Waals surface area contributed by atoms with Gasteiger partial charge >= 0.3 is 21.7 Å². The summed E-state index contributed by atoms with van der Waals surface area (Å²) < 4.78 is 0. The first-order valence-corrected chi connectivity index (χ1v) is 8.34. The Labute approximate surface area is 200 Å². The average molecular weight is 462 g/mol. The first kappa shape index (κ1) is 26.6. The van der Waals surface area contributed by atoms with Crippen LogP contribution in [0, 0.1) is 0 Å². The van der Waals surface area contributed by atoms with Crippen LogP contribution in [0.3, 0.4) is 0 Å². The van der Waals surface area contributed by atoms with Gasteiger partial charge in [-0.25, -0.2) is 6.07 Å². The van der Waals surface area contributed by atoms with E-state index in [1.165, 1.54) is 27.8 Å². The van der Waals surface area contributed by atoms with Crippen LogP contribution in [0.1, 0.15) is 22.6 Å². The van der Waals surface area contributed by atoms with Crippen LogP contribution in [-0.4, -0.2) is 0 Å². The fourth-order valence-corrected chi connectivity index (χ4v) is 3.32. The van der Waals surface area contributed by atoms with Gasteiger partial charge in [0.05, 0.1) is 0 Å². The number of rotatable bonds is 4. The van der Waals surface area contributed by atoms with Crippen LogP contribution >= 0.6 is 0 Å². The van der Waals surface area contributed by atoms with Crippen molar-refractivity contribution in [3.05, 3.63) is 126 Å². The summed E-state index contributed by atoms with van der Waals surface area (Å²) in [5.74, 6) is 0.268. The van der Waals surface area contributed by atoms with Crippen molar-refractivity contribution in [1.29, 1.82) is 0 Å². The maximum absolute atomic E-state index is 2.32. The first-order valence-electron chi connectivity index (χ1n) is 8.34. The zero-order valence-electron chi connectivity index (χ0n) is 15.1. The van der Waals surface area contributed by atoms with Gasteiger partial charge in [-0.3, -0.25) is 0 Å². The topological polar surface area (TPSA) is 0 Å². The Morgan fingerprint density at radius 1 is 0.500 bits per heavy atom. The van der Waals surface area contributed by atoms with Gasteiger partial charge in [0, 0.05) is 0 Å². The van der Waals surface area contributed by atoms with Gasteiger partial charge in [0.15, 0.2) is 0 Å². The molecule has 28 heavy (non-hydrogen) atoms. The van der Waals surface area contributed by atoms with Crippen LogP contribution in [0.25, 0.3) is 11.1 Å². The number of halogens is 3. The molecule has 0 aliphatic carbocycles. The minimum Gasteiger partial charge on any atom is -1.00 e. The van der Waals surface area contributed by atoms with Crippen molar-refractivity contribution in [3.63, 3.8) is 0 Å². The van der Waals surface area contributed by atoms with Gasteiger partial charge < -0.3 is 37.2 Å². The normalized spacial score (nSPS) is 9.32. The summed E-state index contributed by atoms with van der Waals surface area (Å²) in [7, 11) is 0. The smallest absolute Gasteiger partial charge is 1.00 e. The molecule has 0 saturated carbocycles. The van der Waals surface area contributed by atoms with E-state index in [2.05, 4.69) is 109 Å². The Morgan fingerprint density at radius 3 is 1.39 bits per heavy atom. The van der Waals surface area contributed by atoms with Gasteiger partial charge in [-0.2, -0.15) is 17.7 Å². The molecule has 0 fully saturated rings. The SMILES string of the molecule is [Cl-].[Cl-].[Cl-].[Ti+4].c1ccc(-c2cc[c-](C(c3ccccc3)c3ccccc3)c2)cc1. The summed E-state index contributed by atoms with van der Waals surface area (Å²) in [4.78, 5) is 0. The maximum Gasteiger partial charge on any atom is 4.00 e. The molecule has 0 saturated heterocycles. The van der Waals surface area contributed by atoms with Gasteiger partial charge in [-0.15, -0.1) is 5.56 Å². The summed E-state index contributed by atoms with van der Waals surface area (Å²) in [6, 6.07) is 38.9. The molecule has 4 aromatic carbocycles. The molecule has 0 unspecified atom stereocenters. The van der Waals surface area contributed by atoms with E-state index >= 15 is 0 Å². The van der Waals surface area contributed by atoms with Crippen molar-refractivity contribution in [3.8, 4) is 11.1 Å². The third-order valence-corrected chi connectivity index (χ3v) is 4.48. The average Bonchev–Trinajstić information content (AvgIpc) is 3.14. The molecule has 0 heterocycles. The van der Waals surface area contributed by atoms with Crippen LogP contribution in [-0.2, 0) is 21.7 Å². The number of hydrogen-bond acceptors (Lipinski definition) is 0. The molecule has 0 atom stereocenters. The number of hydrogen-bond donors (Lipinski definition) is 0. The molecule has 4 aromatic rings. The Bertz CT molecular complexity index is 867. The molecule has 0 aliphatic heterocycles. The fourth-order valence-electron chi connectivity index (χ4n) is 3.32. The first-order chi connectivity index (χ1) is 11.9. The molecule has 0 radical (unpaired) electrons. The molecule has 4 rings (SSSR count). The summed E-state index contributed by atoms with van der Waals surface area (Å²) in [6.07, 6.45) is 0. The minimum absolute atomic E-state index is 0. The quantitative estimate of drug-likeness (QED) is 0.229. The molecule has 0 aromatic heterocycles. The largest absolute Gasteiger partial charge is 4.00 e. The van der Waals surface area contributed by atoms with E-state index in [1.54, 1.807) is 0 Å². The summed E-state index contributed by atoms with van der Waals surface area (Å²) >= 11 is 0. The molecule has 0 aliphatic rings. The third kappa shape index (κ3) is 6.04. The second-order valence-corrected chi connectivity index (χ2v) is 6.05. The summed E-state index contributed by atoms with van der Waals surface area (Å²) in [6.45, 7) is 0. The van der Waals surface area contributed by atoms with Crippen LogP contribution < -0.4 is 37.2 Å². The second kappa shape index (κ2) is 12.9. The van der Waals surface area contributed by atoms with Crippen molar-refractivity contribution < 1.29 is 58.9 Å². The van der Waals surface area contributed by atoms with E-state index in [-0.39, 0.29) is 64.9 Å². The molecule has 0 nitrogen and oxygen atoms in total. The standard InChI is InChI=1S/C24H19.3ClH.Ti/c1-4-10-19(11-5-1)22-16-17-23(18-22)24(20-12-6-2-7-13-20)21-14-8-3-9-15-21;;;;/h1-18,24H;3*1H;/q-1;;;;+4/p-3. The predicted octanol–water partition coefficient (Wildman–Crippen LogP) is -2.74. The Morgan fingerprint density at radius 2 is 0.929 bits per heavy atom. The molecule has 0 bridgehead atoms. The van der Waals surface area contributed by atoms with Crippen LogP contribution in [0.15, 0.2) is 109 Å². The van der Waals surface area contributed by atoms with Crippen molar-refractivity contribution in [2.45, 2.75) is 5.92 Å². The molecular weight excluding hydrogens is 442 g/mol. The van der Waals surface area contributed by atoms with Crippen molar-refractivity contribution in [2.75, 3.05) is 0 Å². The van der Waals surface area contributed by atoms with E-state index in [0.717, 1.165) is 0 Å². The van der Waals surface area contributed by atoms with Crippen LogP contribution in [0.4, 0.5) is 0 Å².